The van der Waals surface area contributed by atoms with E-state index >= 15 is 0 Å². The Labute approximate surface area is 322 Å². The molecular weight excluding hydrogens is 849 g/mol. The molecule has 25 heteroatoms. The Morgan fingerprint density at radius 3 is 1.26 bits per heavy atom. The summed E-state index contributed by atoms with van der Waals surface area (Å²) in [5.41, 5.74) is 0.260. The molecule has 47 heavy (non-hydrogen) atoms. The first-order chi connectivity index (χ1) is 22.5. The van der Waals surface area contributed by atoms with Gasteiger partial charge in [-0.3, -0.25) is 19.6 Å². The van der Waals surface area contributed by atoms with Crippen LogP contribution in [-0.4, -0.2) is 132 Å². The molecule has 2 saturated heterocycles. The minimum absolute atomic E-state index is 0.0291. The van der Waals surface area contributed by atoms with E-state index in [1.807, 2.05) is 10.0 Å². The summed E-state index contributed by atoms with van der Waals surface area (Å²) in [6, 6.07) is 0. The van der Waals surface area contributed by atoms with Crippen molar-refractivity contribution in [2.75, 3.05) is 52.4 Å². The van der Waals surface area contributed by atoms with Crippen molar-refractivity contribution >= 4 is 128 Å². The molecule has 2 aromatic heterocycles. The summed E-state index contributed by atoms with van der Waals surface area (Å²) in [4.78, 5) is 41.1. The van der Waals surface area contributed by atoms with Gasteiger partial charge in [0.15, 0.2) is 8.64 Å². The van der Waals surface area contributed by atoms with Gasteiger partial charge in [-0.2, -0.15) is 10.0 Å². The first-order valence-corrected chi connectivity index (χ1v) is 18.0. The summed E-state index contributed by atoms with van der Waals surface area (Å²) in [6.07, 6.45) is 8.51. The van der Waals surface area contributed by atoms with Crippen LogP contribution in [0.15, 0.2) is 37.2 Å². The van der Waals surface area contributed by atoms with Gasteiger partial charge in [0.25, 0.3) is 11.8 Å². The molecule has 0 spiro atoms. The van der Waals surface area contributed by atoms with E-state index in [0.29, 0.717) is 26.2 Å². The molecule has 0 radical (unpaired) electrons. The summed E-state index contributed by atoms with van der Waals surface area (Å²) in [5, 5.41) is 15.2. The van der Waals surface area contributed by atoms with Crippen molar-refractivity contribution < 1.29 is 34.9 Å². The zero-order valence-corrected chi connectivity index (χ0v) is 32.7. The quantitative estimate of drug-likeness (QED) is 0.105. The molecule has 0 unspecified atom stereocenters. The number of carbonyl (C=O) groups excluding carboxylic acids is 2. The molecule has 0 saturated carbocycles. The van der Waals surface area contributed by atoms with Gasteiger partial charge >= 0.3 is 25.3 Å². The molecular formula is C22H26MoN12O4S8. The number of carbonyl (C=O) groups is 2. The zero-order valence-electron chi connectivity index (χ0n) is 24.0. The Kier molecular flexibility index (Phi) is 19.5. The summed E-state index contributed by atoms with van der Waals surface area (Å²) in [5.74, 6) is -0.974. The van der Waals surface area contributed by atoms with Gasteiger partial charge in [-0.25, -0.2) is 30.2 Å². The number of hydrogen-bond acceptors (Lipinski definition) is 18. The van der Waals surface area contributed by atoms with E-state index in [-0.39, 0.29) is 28.7 Å². The molecule has 2 amide bonds. The molecule has 2 aliphatic heterocycles. The summed E-state index contributed by atoms with van der Waals surface area (Å²) >= 11 is 36.9. The Morgan fingerprint density at radius 1 is 0.702 bits per heavy atom. The van der Waals surface area contributed by atoms with Crippen molar-refractivity contribution in [2.45, 2.75) is 0 Å². The number of hydrogen-bond donors (Lipinski definition) is 4. The third-order valence-electron chi connectivity index (χ3n) is 5.74. The first-order valence-electron chi connectivity index (χ1n) is 13.0. The van der Waals surface area contributed by atoms with Gasteiger partial charge in [0.1, 0.15) is 11.4 Å². The number of thiocarbonyl (C=S) groups is 4. The van der Waals surface area contributed by atoms with E-state index in [0.717, 1.165) is 36.2 Å². The van der Waals surface area contributed by atoms with E-state index < -0.39 is 30.3 Å². The SMILES string of the molecule is O=C(c1cnccn1)N(C(=S)S)N(C(=S)[S-])N1CCNCC1.O=C(c1cnccn1)N(C(=S)S)N(C(=S)[S-])N1CCNCC1.[O]=[Mo+2]=[O]. The number of aromatic nitrogens is 4. The van der Waals surface area contributed by atoms with Crippen molar-refractivity contribution in [2.24, 2.45) is 0 Å². The van der Waals surface area contributed by atoms with Gasteiger partial charge in [-0.1, -0.05) is 24.4 Å². The molecule has 4 heterocycles. The van der Waals surface area contributed by atoms with E-state index in [1.54, 1.807) is 0 Å². The maximum absolute atomic E-state index is 12.7. The normalized spacial score (nSPS) is 14.3. The number of rotatable bonds is 4. The predicted octanol–water partition coefficient (Wildman–Crippen LogP) is -0.235. The molecule has 0 atom stereocenters. The number of thiol groups is 2. The fourth-order valence-electron chi connectivity index (χ4n) is 3.88. The van der Waals surface area contributed by atoms with Gasteiger partial charge in [0, 0.05) is 77.1 Å². The molecule has 0 aromatic carbocycles. The third-order valence-corrected chi connectivity index (χ3v) is 7.12. The number of hydrazine groups is 4. The number of nitrogens with one attached hydrogen (secondary N) is 2. The average Bonchev–Trinajstić information content (AvgIpc) is 3.07. The Bertz CT molecular complexity index is 1330. The van der Waals surface area contributed by atoms with Crippen LogP contribution in [0.3, 0.4) is 0 Å². The summed E-state index contributed by atoms with van der Waals surface area (Å²) in [7, 11) is 0. The van der Waals surface area contributed by atoms with Crippen molar-refractivity contribution in [3.8, 4) is 0 Å². The molecule has 2 N–H and O–H groups in total. The fourth-order valence-corrected chi connectivity index (χ4v) is 5.34. The van der Waals surface area contributed by atoms with Crippen LogP contribution in [0.2, 0.25) is 0 Å². The summed E-state index contributed by atoms with van der Waals surface area (Å²) in [6.45, 7) is 5.55. The Morgan fingerprint density at radius 2 is 1.02 bits per heavy atom. The first kappa shape index (κ1) is 41.5. The van der Waals surface area contributed by atoms with E-state index in [9.17, 15) is 9.59 Å². The van der Waals surface area contributed by atoms with Crippen LogP contribution in [0.25, 0.3) is 0 Å². The molecule has 0 bridgehead atoms. The van der Waals surface area contributed by atoms with Gasteiger partial charge in [-0.05, 0) is 8.64 Å². The second-order valence-electron chi connectivity index (χ2n) is 8.57. The topological polar surface area (TPSA) is 163 Å². The molecule has 2 fully saturated rings. The molecule has 4 rings (SSSR count). The van der Waals surface area contributed by atoms with Crippen LogP contribution in [0.4, 0.5) is 0 Å². The number of nitrogens with zero attached hydrogens (tertiary/aromatic N) is 10. The second-order valence-corrected chi connectivity index (χ2v) is 13.2. The van der Waals surface area contributed by atoms with Gasteiger partial charge in [0.2, 0.25) is 0 Å². The van der Waals surface area contributed by atoms with Crippen LogP contribution in [0, 0.1) is 0 Å². The van der Waals surface area contributed by atoms with Crippen LogP contribution >= 0.6 is 74.1 Å². The molecule has 0 aliphatic carbocycles. The molecule has 2 aromatic rings. The molecule has 252 valence electrons. The minimum atomic E-state index is -2.03. The van der Waals surface area contributed by atoms with Gasteiger partial charge in [-0.15, -0.1) is 25.3 Å². The van der Waals surface area contributed by atoms with Crippen LogP contribution in [-0.2, 0) is 50.5 Å². The van der Waals surface area contributed by atoms with Gasteiger partial charge in [0.05, 0.1) is 12.4 Å². The van der Waals surface area contributed by atoms with Crippen LogP contribution < -0.4 is 10.6 Å². The van der Waals surface area contributed by atoms with Crippen LogP contribution in [0.5, 0.6) is 0 Å². The van der Waals surface area contributed by atoms with Crippen LogP contribution in [0.1, 0.15) is 21.0 Å². The fraction of sp³-hybridized carbons (Fsp3) is 0.364. The summed E-state index contributed by atoms with van der Waals surface area (Å²) < 4.78 is 17.2. The predicted molar refractivity (Wildman–Crippen MR) is 193 cm³/mol. The standard InChI is InChI=1S/2C11H14N6OS4.Mo.2O/c2*18-9(8-7-13-1-2-14-8)16(10(19)20)17(11(21)22)15-5-3-12-4-6-15;;;/h2*1-2,7,12H,3-6H2,(H,19,20)(H,21,22);;;/q;;+2;;/p-2. The van der Waals surface area contributed by atoms with Gasteiger partial charge < -0.3 is 60.3 Å². The second kappa shape index (κ2) is 22.1. The maximum atomic E-state index is 12.7. The molecule has 2 aliphatic rings. The third kappa shape index (κ3) is 12.9. The molecule has 16 nitrogen and oxygen atoms in total. The number of piperazine rings is 2. The van der Waals surface area contributed by atoms with E-state index in [1.165, 1.54) is 47.4 Å². The van der Waals surface area contributed by atoms with Crippen molar-refractivity contribution in [1.82, 2.24) is 60.8 Å². The average molecular weight is 875 g/mol. The van der Waals surface area contributed by atoms with Crippen molar-refractivity contribution in [1.29, 1.82) is 0 Å². The van der Waals surface area contributed by atoms with Crippen molar-refractivity contribution in [3.05, 3.63) is 48.6 Å². The Hall–Kier alpha value is -1.67. The van der Waals surface area contributed by atoms with E-state index in [4.69, 9.17) is 80.9 Å². The monoisotopic (exact) mass is 876 g/mol. The van der Waals surface area contributed by atoms with Crippen molar-refractivity contribution in [3.63, 3.8) is 0 Å². The number of amides is 2. The Balaban J connectivity index is 0.000000302. The van der Waals surface area contributed by atoms with E-state index in [2.05, 4.69) is 55.8 Å². The zero-order chi connectivity index (χ0) is 34.9.